The van der Waals surface area contributed by atoms with Crippen molar-refractivity contribution in [2.45, 2.75) is 6.92 Å². The number of halogens is 1. The van der Waals surface area contributed by atoms with E-state index in [9.17, 15) is 9.90 Å². The summed E-state index contributed by atoms with van der Waals surface area (Å²) in [4.78, 5) is 11.6. The summed E-state index contributed by atoms with van der Waals surface area (Å²) in [7, 11) is 0. The van der Waals surface area contributed by atoms with Crippen molar-refractivity contribution in [3.05, 3.63) is 57.2 Å². The Morgan fingerprint density at radius 1 is 1.36 bits per heavy atom. The first-order valence-corrected chi connectivity index (χ1v) is 7.63. The number of benzene rings is 2. The molecule has 0 saturated heterocycles. The number of phenolic OH excluding ortho intramolecular Hbond substituents is 1. The number of phenols is 1. The first-order valence-electron chi connectivity index (χ1n) is 6.55. The lowest BCUT2D eigenvalue weighted by atomic mass is 10.2. The number of nitrogens with zero attached hydrogens (tertiary/aromatic N) is 1. The molecule has 2 rings (SSSR count). The maximum atomic E-state index is 11.6. The van der Waals surface area contributed by atoms with Crippen LogP contribution in [0.5, 0.6) is 11.5 Å². The summed E-state index contributed by atoms with van der Waals surface area (Å²) in [6.07, 6.45) is 1.51. The number of rotatable bonds is 5. The number of para-hydroxylation sites is 1. The molecular formula is C16H15IN2O3. The lowest BCUT2D eigenvalue weighted by Gasteiger charge is -2.07. The van der Waals surface area contributed by atoms with E-state index < -0.39 is 0 Å². The SMILES string of the molecule is Cc1ccccc1OCC(=O)NN=Cc1ccc(O)c(I)c1. The standard InChI is InChI=1S/C16H15IN2O3/c1-11-4-2-3-5-15(11)22-10-16(21)19-18-9-12-6-7-14(20)13(17)8-12/h2-9,20H,10H2,1H3,(H,19,21). The van der Waals surface area contributed by atoms with Gasteiger partial charge in [-0.15, -0.1) is 0 Å². The van der Waals surface area contributed by atoms with E-state index in [-0.39, 0.29) is 18.3 Å². The van der Waals surface area contributed by atoms with E-state index in [1.54, 1.807) is 18.2 Å². The van der Waals surface area contributed by atoms with Crippen LogP contribution in [0, 0.1) is 10.5 Å². The Balaban J connectivity index is 1.83. The van der Waals surface area contributed by atoms with Crippen molar-refractivity contribution in [3.63, 3.8) is 0 Å². The van der Waals surface area contributed by atoms with E-state index in [4.69, 9.17) is 4.74 Å². The summed E-state index contributed by atoms with van der Waals surface area (Å²) >= 11 is 2.02. The van der Waals surface area contributed by atoms with E-state index in [1.807, 2.05) is 53.8 Å². The van der Waals surface area contributed by atoms with Crippen molar-refractivity contribution >= 4 is 34.7 Å². The molecule has 2 N–H and O–H groups in total. The molecule has 1 amide bonds. The smallest absolute Gasteiger partial charge is 0.277 e. The van der Waals surface area contributed by atoms with Gasteiger partial charge in [0.15, 0.2) is 6.61 Å². The minimum Gasteiger partial charge on any atom is -0.507 e. The highest BCUT2D eigenvalue weighted by Crippen LogP contribution is 2.19. The van der Waals surface area contributed by atoms with Gasteiger partial charge in [-0.2, -0.15) is 5.10 Å². The fraction of sp³-hybridized carbons (Fsp3) is 0.125. The van der Waals surface area contributed by atoms with E-state index in [1.165, 1.54) is 6.21 Å². The van der Waals surface area contributed by atoms with Gasteiger partial charge in [0, 0.05) is 0 Å². The number of hydrogen-bond acceptors (Lipinski definition) is 4. The Morgan fingerprint density at radius 3 is 2.86 bits per heavy atom. The summed E-state index contributed by atoms with van der Waals surface area (Å²) < 4.78 is 6.13. The lowest BCUT2D eigenvalue weighted by molar-refractivity contribution is -0.123. The van der Waals surface area contributed by atoms with Crippen LogP contribution in [0.2, 0.25) is 0 Å². The molecular weight excluding hydrogens is 395 g/mol. The van der Waals surface area contributed by atoms with Crippen molar-refractivity contribution in [1.82, 2.24) is 5.43 Å². The number of hydrogen-bond donors (Lipinski definition) is 2. The van der Waals surface area contributed by atoms with Gasteiger partial charge < -0.3 is 9.84 Å². The van der Waals surface area contributed by atoms with Gasteiger partial charge in [-0.05, 0) is 64.9 Å². The molecule has 2 aromatic carbocycles. The number of carbonyl (C=O) groups is 1. The number of carbonyl (C=O) groups excluding carboxylic acids is 1. The summed E-state index contributed by atoms with van der Waals surface area (Å²) in [5, 5.41) is 13.3. The van der Waals surface area contributed by atoms with Crippen LogP contribution in [0.1, 0.15) is 11.1 Å². The molecule has 6 heteroatoms. The zero-order chi connectivity index (χ0) is 15.9. The van der Waals surface area contributed by atoms with E-state index in [2.05, 4.69) is 10.5 Å². The normalized spacial score (nSPS) is 10.6. The third-order valence-corrected chi connectivity index (χ3v) is 3.69. The van der Waals surface area contributed by atoms with Crippen LogP contribution < -0.4 is 10.2 Å². The van der Waals surface area contributed by atoms with Gasteiger partial charge in [-0.25, -0.2) is 5.43 Å². The Hall–Kier alpha value is -2.09. The van der Waals surface area contributed by atoms with Crippen molar-refractivity contribution < 1.29 is 14.6 Å². The molecule has 0 unspecified atom stereocenters. The third kappa shape index (κ3) is 4.73. The van der Waals surface area contributed by atoms with Crippen molar-refractivity contribution in [2.24, 2.45) is 5.10 Å². The van der Waals surface area contributed by atoms with Crippen molar-refractivity contribution in [3.8, 4) is 11.5 Å². The monoisotopic (exact) mass is 410 g/mol. The highest BCUT2D eigenvalue weighted by Gasteiger charge is 2.03. The molecule has 0 aromatic heterocycles. The lowest BCUT2D eigenvalue weighted by Crippen LogP contribution is -2.24. The van der Waals surface area contributed by atoms with Crippen LogP contribution in [0.3, 0.4) is 0 Å². The van der Waals surface area contributed by atoms with Gasteiger partial charge >= 0.3 is 0 Å². The maximum Gasteiger partial charge on any atom is 0.277 e. The van der Waals surface area contributed by atoms with Crippen LogP contribution in [-0.4, -0.2) is 23.8 Å². The number of ether oxygens (including phenoxy) is 1. The van der Waals surface area contributed by atoms with E-state index in [0.717, 1.165) is 14.7 Å². The summed E-state index contributed by atoms with van der Waals surface area (Å²) in [5.74, 6) is 0.552. The van der Waals surface area contributed by atoms with E-state index >= 15 is 0 Å². The number of aryl methyl sites for hydroxylation is 1. The Bertz CT molecular complexity index is 702. The molecule has 114 valence electrons. The average molecular weight is 410 g/mol. The number of aromatic hydroxyl groups is 1. The first-order chi connectivity index (χ1) is 10.6. The zero-order valence-electron chi connectivity index (χ0n) is 11.9. The molecule has 0 aliphatic rings. The summed E-state index contributed by atoms with van der Waals surface area (Å²) in [6.45, 7) is 1.81. The van der Waals surface area contributed by atoms with E-state index in [0.29, 0.717) is 5.75 Å². The van der Waals surface area contributed by atoms with Gasteiger partial charge in [0.2, 0.25) is 0 Å². The molecule has 0 bridgehead atoms. The molecule has 22 heavy (non-hydrogen) atoms. The highest BCUT2D eigenvalue weighted by molar-refractivity contribution is 14.1. The molecule has 0 aliphatic heterocycles. The second kappa shape index (κ2) is 7.79. The van der Waals surface area contributed by atoms with Crippen LogP contribution in [0.15, 0.2) is 47.6 Å². The fourth-order valence-corrected chi connectivity index (χ4v) is 2.22. The molecule has 0 saturated carbocycles. The molecule has 5 nitrogen and oxygen atoms in total. The Kier molecular flexibility index (Phi) is 5.76. The molecule has 0 aliphatic carbocycles. The molecule has 0 radical (unpaired) electrons. The minimum absolute atomic E-state index is 0.102. The molecule has 0 heterocycles. The predicted octanol–water partition coefficient (Wildman–Crippen LogP) is 2.83. The summed E-state index contributed by atoms with van der Waals surface area (Å²) in [6, 6.07) is 12.5. The summed E-state index contributed by atoms with van der Waals surface area (Å²) in [5.41, 5.74) is 4.15. The highest BCUT2D eigenvalue weighted by atomic mass is 127. The van der Waals surface area contributed by atoms with Gasteiger partial charge in [-0.3, -0.25) is 4.79 Å². The Labute approximate surface area is 142 Å². The van der Waals surface area contributed by atoms with Crippen LogP contribution in [0.4, 0.5) is 0 Å². The second-order valence-corrected chi connectivity index (χ2v) is 5.72. The quantitative estimate of drug-likeness (QED) is 0.453. The van der Waals surface area contributed by atoms with Crippen LogP contribution in [-0.2, 0) is 4.79 Å². The van der Waals surface area contributed by atoms with Crippen molar-refractivity contribution in [2.75, 3.05) is 6.61 Å². The molecule has 0 fully saturated rings. The first kappa shape index (κ1) is 16.3. The van der Waals surface area contributed by atoms with Crippen LogP contribution in [0.25, 0.3) is 0 Å². The van der Waals surface area contributed by atoms with Crippen LogP contribution >= 0.6 is 22.6 Å². The van der Waals surface area contributed by atoms with Gasteiger partial charge in [0.05, 0.1) is 9.78 Å². The minimum atomic E-state index is -0.340. The number of nitrogens with one attached hydrogen (secondary N) is 1. The number of hydrazone groups is 1. The predicted molar refractivity (Wildman–Crippen MR) is 93.2 cm³/mol. The zero-order valence-corrected chi connectivity index (χ0v) is 14.1. The molecule has 0 atom stereocenters. The third-order valence-electron chi connectivity index (χ3n) is 2.83. The largest absolute Gasteiger partial charge is 0.507 e. The molecule has 2 aromatic rings. The van der Waals surface area contributed by atoms with Gasteiger partial charge in [0.25, 0.3) is 5.91 Å². The average Bonchev–Trinajstić information content (AvgIpc) is 2.50. The second-order valence-electron chi connectivity index (χ2n) is 4.56. The van der Waals surface area contributed by atoms with Gasteiger partial charge in [-0.1, -0.05) is 18.2 Å². The van der Waals surface area contributed by atoms with Gasteiger partial charge in [0.1, 0.15) is 11.5 Å². The fourth-order valence-electron chi connectivity index (χ4n) is 1.68. The molecule has 0 spiro atoms. The number of amides is 1. The topological polar surface area (TPSA) is 70.9 Å². The maximum absolute atomic E-state index is 11.6. The van der Waals surface area contributed by atoms with Crippen molar-refractivity contribution in [1.29, 1.82) is 0 Å². The Morgan fingerprint density at radius 2 is 2.14 bits per heavy atom.